The highest BCUT2D eigenvalue weighted by Crippen LogP contribution is 2.17. The third-order valence-corrected chi connectivity index (χ3v) is 3.72. The largest absolute Gasteiger partial charge is 0.378 e. The molecule has 116 valence electrons. The van der Waals surface area contributed by atoms with Gasteiger partial charge >= 0.3 is 0 Å². The van der Waals surface area contributed by atoms with Crippen LogP contribution in [0, 0.1) is 11.3 Å². The second-order valence-electron chi connectivity index (χ2n) is 5.12. The van der Waals surface area contributed by atoms with Crippen LogP contribution in [0.25, 0.3) is 6.08 Å². The number of rotatable bonds is 4. The van der Waals surface area contributed by atoms with E-state index in [1.165, 1.54) is 0 Å². The summed E-state index contributed by atoms with van der Waals surface area (Å²) in [4.78, 5) is 14.2. The summed E-state index contributed by atoms with van der Waals surface area (Å²) in [6.07, 6.45) is 1.58. The van der Waals surface area contributed by atoms with Crippen molar-refractivity contribution in [2.24, 2.45) is 0 Å². The average molecular weight is 370 g/mol. The van der Waals surface area contributed by atoms with Crippen molar-refractivity contribution >= 4 is 39.3 Å². The van der Waals surface area contributed by atoms with Crippen LogP contribution >= 0.6 is 15.9 Å². The first-order chi connectivity index (χ1) is 11.0. The Labute approximate surface area is 144 Å². The van der Waals surface area contributed by atoms with Crippen molar-refractivity contribution in [1.82, 2.24) is 0 Å². The third-order valence-electron chi connectivity index (χ3n) is 3.19. The number of nitrogens with one attached hydrogen (secondary N) is 1. The molecular formula is C18H16BrN3O. The van der Waals surface area contributed by atoms with Gasteiger partial charge in [-0.3, -0.25) is 4.79 Å². The van der Waals surface area contributed by atoms with Crippen molar-refractivity contribution in [2.45, 2.75) is 0 Å². The molecule has 0 aromatic heterocycles. The topological polar surface area (TPSA) is 56.1 Å². The molecule has 2 aromatic rings. The number of carbonyl (C=O) groups is 1. The first-order valence-corrected chi connectivity index (χ1v) is 7.75. The zero-order chi connectivity index (χ0) is 16.8. The molecule has 0 aliphatic rings. The molecule has 2 aromatic carbocycles. The molecule has 0 aliphatic heterocycles. The van der Waals surface area contributed by atoms with Crippen LogP contribution < -0.4 is 10.2 Å². The number of anilines is 2. The van der Waals surface area contributed by atoms with Crippen molar-refractivity contribution < 1.29 is 4.79 Å². The third kappa shape index (κ3) is 4.70. The molecule has 0 radical (unpaired) electrons. The predicted octanol–water partition coefficient (Wildman–Crippen LogP) is 4.06. The van der Waals surface area contributed by atoms with Gasteiger partial charge in [0.25, 0.3) is 5.91 Å². The van der Waals surface area contributed by atoms with E-state index in [1.54, 1.807) is 18.2 Å². The van der Waals surface area contributed by atoms with Gasteiger partial charge in [-0.25, -0.2) is 0 Å². The normalized spacial score (nSPS) is 10.8. The SMILES string of the molecule is CN(C)c1ccc(/C=C(/C#N)C(=O)Nc2ccc(Br)cc2)cc1. The van der Waals surface area contributed by atoms with E-state index >= 15 is 0 Å². The lowest BCUT2D eigenvalue weighted by atomic mass is 10.1. The monoisotopic (exact) mass is 369 g/mol. The highest BCUT2D eigenvalue weighted by atomic mass is 79.9. The van der Waals surface area contributed by atoms with E-state index < -0.39 is 5.91 Å². The Morgan fingerprint density at radius 3 is 2.26 bits per heavy atom. The Balaban J connectivity index is 2.16. The summed E-state index contributed by atoms with van der Waals surface area (Å²) in [6.45, 7) is 0. The Hall–Kier alpha value is -2.58. The summed E-state index contributed by atoms with van der Waals surface area (Å²) < 4.78 is 0.924. The van der Waals surface area contributed by atoms with E-state index in [1.807, 2.05) is 61.5 Å². The number of benzene rings is 2. The van der Waals surface area contributed by atoms with Gasteiger partial charge in [-0.05, 0) is 48.0 Å². The molecule has 0 saturated carbocycles. The molecule has 0 atom stereocenters. The summed E-state index contributed by atoms with van der Waals surface area (Å²) in [5.41, 5.74) is 2.56. The van der Waals surface area contributed by atoms with E-state index in [0.29, 0.717) is 5.69 Å². The maximum absolute atomic E-state index is 12.2. The maximum Gasteiger partial charge on any atom is 0.266 e. The summed E-state index contributed by atoms with van der Waals surface area (Å²) >= 11 is 3.33. The Kier molecular flexibility index (Phi) is 5.56. The number of amides is 1. The molecule has 0 unspecified atom stereocenters. The van der Waals surface area contributed by atoms with Crippen LogP contribution in [-0.4, -0.2) is 20.0 Å². The second kappa shape index (κ2) is 7.61. The Morgan fingerprint density at radius 1 is 1.13 bits per heavy atom. The number of carbonyl (C=O) groups excluding carboxylic acids is 1. The lowest BCUT2D eigenvalue weighted by molar-refractivity contribution is -0.112. The van der Waals surface area contributed by atoms with Gasteiger partial charge in [0, 0.05) is 29.9 Å². The van der Waals surface area contributed by atoms with Crippen LogP contribution in [0.4, 0.5) is 11.4 Å². The molecule has 2 rings (SSSR count). The molecule has 1 amide bonds. The fourth-order valence-corrected chi connectivity index (χ4v) is 2.18. The molecule has 23 heavy (non-hydrogen) atoms. The molecule has 0 spiro atoms. The standard InChI is InChI=1S/C18H16BrN3O/c1-22(2)17-9-3-13(4-10-17)11-14(12-20)18(23)21-16-7-5-15(19)6-8-16/h3-11H,1-2H3,(H,21,23)/b14-11-. The number of nitrogens with zero attached hydrogens (tertiary/aromatic N) is 2. The lowest BCUT2D eigenvalue weighted by Gasteiger charge is -2.11. The molecule has 0 aliphatic carbocycles. The van der Waals surface area contributed by atoms with E-state index in [0.717, 1.165) is 15.7 Å². The van der Waals surface area contributed by atoms with Crippen LogP contribution in [0.1, 0.15) is 5.56 Å². The summed E-state index contributed by atoms with van der Waals surface area (Å²) in [5, 5.41) is 11.9. The van der Waals surface area contributed by atoms with Gasteiger partial charge in [0.2, 0.25) is 0 Å². The molecule has 0 bridgehead atoms. The zero-order valence-electron chi connectivity index (χ0n) is 12.9. The smallest absolute Gasteiger partial charge is 0.266 e. The van der Waals surface area contributed by atoms with Gasteiger partial charge < -0.3 is 10.2 Å². The Morgan fingerprint density at radius 2 is 1.74 bits per heavy atom. The molecule has 0 heterocycles. The van der Waals surface area contributed by atoms with Gasteiger partial charge in [0.1, 0.15) is 11.6 Å². The van der Waals surface area contributed by atoms with Crippen LogP contribution in [0.3, 0.4) is 0 Å². The minimum atomic E-state index is -0.425. The first-order valence-electron chi connectivity index (χ1n) is 6.95. The molecule has 5 heteroatoms. The van der Waals surface area contributed by atoms with E-state index in [4.69, 9.17) is 0 Å². The number of hydrogen-bond acceptors (Lipinski definition) is 3. The molecular weight excluding hydrogens is 354 g/mol. The van der Waals surface area contributed by atoms with Crippen LogP contribution in [0.2, 0.25) is 0 Å². The Bertz CT molecular complexity index is 756. The number of halogens is 1. The molecule has 0 fully saturated rings. The minimum absolute atomic E-state index is 0.0607. The van der Waals surface area contributed by atoms with Gasteiger partial charge in [-0.15, -0.1) is 0 Å². The van der Waals surface area contributed by atoms with Crippen LogP contribution in [0.5, 0.6) is 0 Å². The highest BCUT2D eigenvalue weighted by Gasteiger charge is 2.09. The fraction of sp³-hybridized carbons (Fsp3) is 0.111. The van der Waals surface area contributed by atoms with Gasteiger partial charge in [0.05, 0.1) is 0 Å². The predicted molar refractivity (Wildman–Crippen MR) is 97.1 cm³/mol. The highest BCUT2D eigenvalue weighted by molar-refractivity contribution is 9.10. The fourth-order valence-electron chi connectivity index (χ4n) is 1.92. The van der Waals surface area contributed by atoms with E-state index in [2.05, 4.69) is 21.2 Å². The number of nitriles is 1. The summed E-state index contributed by atoms with van der Waals surface area (Å²) in [6, 6.07) is 16.8. The number of hydrogen-bond donors (Lipinski definition) is 1. The summed E-state index contributed by atoms with van der Waals surface area (Å²) in [7, 11) is 3.91. The maximum atomic E-state index is 12.2. The van der Waals surface area contributed by atoms with Gasteiger partial charge in [-0.2, -0.15) is 5.26 Å². The zero-order valence-corrected chi connectivity index (χ0v) is 14.5. The molecule has 4 nitrogen and oxygen atoms in total. The first kappa shape index (κ1) is 16.8. The summed E-state index contributed by atoms with van der Waals surface area (Å²) in [5.74, 6) is -0.425. The lowest BCUT2D eigenvalue weighted by Crippen LogP contribution is -2.13. The van der Waals surface area contributed by atoms with Crippen molar-refractivity contribution in [3.63, 3.8) is 0 Å². The van der Waals surface area contributed by atoms with Crippen LogP contribution in [-0.2, 0) is 4.79 Å². The van der Waals surface area contributed by atoms with E-state index in [-0.39, 0.29) is 5.57 Å². The van der Waals surface area contributed by atoms with E-state index in [9.17, 15) is 10.1 Å². The van der Waals surface area contributed by atoms with Crippen molar-refractivity contribution in [1.29, 1.82) is 5.26 Å². The van der Waals surface area contributed by atoms with Crippen molar-refractivity contribution in [3.05, 3.63) is 64.1 Å². The van der Waals surface area contributed by atoms with Crippen LogP contribution in [0.15, 0.2) is 58.6 Å². The molecule has 1 N–H and O–H groups in total. The van der Waals surface area contributed by atoms with Crippen molar-refractivity contribution in [3.8, 4) is 6.07 Å². The quantitative estimate of drug-likeness (QED) is 0.652. The van der Waals surface area contributed by atoms with Gasteiger partial charge in [0.15, 0.2) is 0 Å². The second-order valence-corrected chi connectivity index (χ2v) is 6.03. The minimum Gasteiger partial charge on any atom is -0.378 e. The van der Waals surface area contributed by atoms with Crippen molar-refractivity contribution in [2.75, 3.05) is 24.3 Å². The average Bonchev–Trinajstić information content (AvgIpc) is 2.55. The van der Waals surface area contributed by atoms with Gasteiger partial charge in [-0.1, -0.05) is 28.1 Å². The molecule has 0 saturated heterocycles.